The zero-order valence-electron chi connectivity index (χ0n) is 15.2. The lowest BCUT2D eigenvalue weighted by Gasteiger charge is -2.31. The first-order valence-electron chi connectivity index (χ1n) is 9.19. The van der Waals surface area contributed by atoms with Gasteiger partial charge < -0.3 is 14.3 Å². The van der Waals surface area contributed by atoms with Gasteiger partial charge in [0, 0.05) is 22.7 Å². The van der Waals surface area contributed by atoms with Gasteiger partial charge in [-0.2, -0.15) is 0 Å². The van der Waals surface area contributed by atoms with Crippen LogP contribution in [-0.2, 0) is 14.3 Å². The van der Waals surface area contributed by atoms with E-state index in [2.05, 4.69) is 15.3 Å². The molecular formula is C21H18N4O3. The fraction of sp³-hybridized carbons (Fsp3) is 0.190. The van der Waals surface area contributed by atoms with E-state index in [0.717, 1.165) is 27.5 Å². The summed E-state index contributed by atoms with van der Waals surface area (Å²) in [7, 11) is 0. The van der Waals surface area contributed by atoms with Crippen LogP contribution >= 0.6 is 0 Å². The van der Waals surface area contributed by atoms with E-state index < -0.39 is 23.8 Å². The number of amides is 1. The summed E-state index contributed by atoms with van der Waals surface area (Å²) < 4.78 is 7.18. The van der Waals surface area contributed by atoms with Crippen LogP contribution in [0.1, 0.15) is 18.5 Å². The third kappa shape index (κ3) is 2.32. The SMILES string of the molecule is CCOC(=O)[C@@H]1C(=O)Nc2nc3ccccc3n2[C@@H]1c1c[nH]c2ccccc12. The minimum Gasteiger partial charge on any atom is -0.465 e. The third-order valence-electron chi connectivity index (χ3n) is 5.19. The molecule has 1 amide bonds. The predicted octanol–water partition coefficient (Wildman–Crippen LogP) is 3.24. The summed E-state index contributed by atoms with van der Waals surface area (Å²) in [6.45, 7) is 1.94. The number of hydrogen-bond donors (Lipinski definition) is 2. The molecule has 2 N–H and O–H groups in total. The van der Waals surface area contributed by atoms with Crippen molar-refractivity contribution in [3.05, 3.63) is 60.3 Å². The molecule has 7 nitrogen and oxygen atoms in total. The first-order valence-corrected chi connectivity index (χ1v) is 9.19. The third-order valence-corrected chi connectivity index (χ3v) is 5.19. The Morgan fingerprint density at radius 1 is 1.18 bits per heavy atom. The summed E-state index contributed by atoms with van der Waals surface area (Å²) in [5, 5.41) is 3.74. The molecule has 1 aliphatic heterocycles. The second kappa shape index (κ2) is 6.23. The Balaban J connectivity index is 1.80. The average Bonchev–Trinajstić information content (AvgIpc) is 3.28. The van der Waals surface area contributed by atoms with Crippen molar-refractivity contribution < 1.29 is 14.3 Å². The second-order valence-corrected chi connectivity index (χ2v) is 6.75. The summed E-state index contributed by atoms with van der Waals surface area (Å²) in [6.07, 6.45) is 1.86. The van der Waals surface area contributed by atoms with Gasteiger partial charge in [-0.15, -0.1) is 0 Å². The number of rotatable bonds is 3. The Morgan fingerprint density at radius 3 is 2.82 bits per heavy atom. The highest BCUT2D eigenvalue weighted by atomic mass is 16.5. The van der Waals surface area contributed by atoms with Crippen LogP contribution in [0, 0.1) is 5.92 Å². The van der Waals surface area contributed by atoms with Gasteiger partial charge in [0.15, 0.2) is 5.92 Å². The molecule has 5 rings (SSSR count). The van der Waals surface area contributed by atoms with E-state index in [1.54, 1.807) is 6.92 Å². The molecule has 1 aliphatic rings. The van der Waals surface area contributed by atoms with Crippen molar-refractivity contribution in [1.82, 2.24) is 14.5 Å². The number of nitrogens with one attached hydrogen (secondary N) is 2. The fourth-order valence-electron chi connectivity index (χ4n) is 4.02. The van der Waals surface area contributed by atoms with Gasteiger partial charge in [0.05, 0.1) is 23.7 Å². The molecule has 140 valence electrons. The van der Waals surface area contributed by atoms with E-state index in [9.17, 15) is 9.59 Å². The van der Waals surface area contributed by atoms with Crippen LogP contribution in [0.25, 0.3) is 21.9 Å². The van der Waals surface area contributed by atoms with E-state index >= 15 is 0 Å². The van der Waals surface area contributed by atoms with E-state index in [0.29, 0.717) is 5.95 Å². The minimum absolute atomic E-state index is 0.209. The summed E-state index contributed by atoms with van der Waals surface area (Å²) >= 11 is 0. The van der Waals surface area contributed by atoms with E-state index in [1.165, 1.54) is 0 Å². The van der Waals surface area contributed by atoms with Gasteiger partial charge in [-0.1, -0.05) is 30.3 Å². The number of fused-ring (bicyclic) bond motifs is 4. The van der Waals surface area contributed by atoms with Gasteiger partial charge in [-0.3, -0.25) is 14.9 Å². The zero-order chi connectivity index (χ0) is 19.3. The number of aromatic amines is 1. The lowest BCUT2D eigenvalue weighted by Crippen LogP contribution is -2.43. The average molecular weight is 374 g/mol. The number of H-pyrrole nitrogens is 1. The Hall–Kier alpha value is -3.61. The van der Waals surface area contributed by atoms with Gasteiger partial charge in [0.25, 0.3) is 0 Å². The van der Waals surface area contributed by atoms with Crippen molar-refractivity contribution in [3.63, 3.8) is 0 Å². The fourth-order valence-corrected chi connectivity index (χ4v) is 4.02. The summed E-state index contributed by atoms with van der Waals surface area (Å²) in [6, 6.07) is 14.9. The summed E-state index contributed by atoms with van der Waals surface area (Å²) in [4.78, 5) is 33.5. The Kier molecular flexibility index (Phi) is 3.68. The van der Waals surface area contributed by atoms with Crippen LogP contribution in [0.3, 0.4) is 0 Å². The number of hydrogen-bond acceptors (Lipinski definition) is 4. The highest BCUT2D eigenvalue weighted by Crippen LogP contribution is 2.40. The van der Waals surface area contributed by atoms with E-state index in [1.807, 2.05) is 59.3 Å². The van der Waals surface area contributed by atoms with Crippen LogP contribution in [-0.4, -0.2) is 33.0 Å². The molecule has 0 fully saturated rings. The lowest BCUT2D eigenvalue weighted by atomic mass is 9.90. The molecule has 4 aromatic rings. The predicted molar refractivity (Wildman–Crippen MR) is 105 cm³/mol. The number of nitrogens with zero attached hydrogens (tertiary/aromatic N) is 2. The smallest absolute Gasteiger partial charge is 0.321 e. The molecule has 2 aromatic heterocycles. The van der Waals surface area contributed by atoms with Crippen molar-refractivity contribution >= 4 is 39.8 Å². The molecule has 28 heavy (non-hydrogen) atoms. The maximum absolute atomic E-state index is 12.9. The number of ether oxygens (including phenoxy) is 1. The minimum atomic E-state index is -1.01. The number of imidazole rings is 1. The molecule has 0 unspecified atom stereocenters. The summed E-state index contributed by atoms with van der Waals surface area (Å²) in [5.74, 6) is -1.53. The van der Waals surface area contributed by atoms with Crippen LogP contribution in [0.2, 0.25) is 0 Å². The first-order chi connectivity index (χ1) is 13.7. The van der Waals surface area contributed by atoms with Crippen molar-refractivity contribution in [2.45, 2.75) is 13.0 Å². The van der Waals surface area contributed by atoms with E-state index in [-0.39, 0.29) is 6.61 Å². The van der Waals surface area contributed by atoms with Crippen LogP contribution in [0.4, 0.5) is 5.95 Å². The van der Waals surface area contributed by atoms with Gasteiger partial charge >= 0.3 is 5.97 Å². The van der Waals surface area contributed by atoms with Crippen molar-refractivity contribution in [2.75, 3.05) is 11.9 Å². The molecule has 0 radical (unpaired) electrons. The normalized spacial score (nSPS) is 18.8. The highest BCUT2D eigenvalue weighted by molar-refractivity contribution is 6.08. The number of aromatic nitrogens is 3. The molecule has 0 saturated carbocycles. The van der Waals surface area contributed by atoms with Gasteiger partial charge in [0.2, 0.25) is 11.9 Å². The largest absolute Gasteiger partial charge is 0.465 e. The molecule has 0 bridgehead atoms. The lowest BCUT2D eigenvalue weighted by molar-refractivity contribution is -0.152. The number of carbonyl (C=O) groups excluding carboxylic acids is 2. The van der Waals surface area contributed by atoms with Crippen molar-refractivity contribution in [2.24, 2.45) is 5.92 Å². The van der Waals surface area contributed by atoms with Gasteiger partial charge in [0.1, 0.15) is 0 Å². The Labute approximate surface area is 160 Å². The second-order valence-electron chi connectivity index (χ2n) is 6.75. The maximum Gasteiger partial charge on any atom is 0.321 e. The number of carbonyl (C=O) groups is 2. The molecule has 7 heteroatoms. The topological polar surface area (TPSA) is 89.0 Å². The van der Waals surface area contributed by atoms with Gasteiger partial charge in [-0.25, -0.2) is 4.98 Å². The molecular weight excluding hydrogens is 356 g/mol. The van der Waals surface area contributed by atoms with Crippen molar-refractivity contribution in [3.8, 4) is 0 Å². The quantitative estimate of drug-likeness (QED) is 0.426. The molecule has 2 atom stereocenters. The molecule has 0 spiro atoms. The Morgan fingerprint density at radius 2 is 1.96 bits per heavy atom. The monoisotopic (exact) mass is 374 g/mol. The van der Waals surface area contributed by atoms with E-state index in [4.69, 9.17) is 4.74 Å². The maximum atomic E-state index is 12.9. The van der Waals surface area contributed by atoms with Crippen molar-refractivity contribution in [1.29, 1.82) is 0 Å². The molecule has 0 saturated heterocycles. The highest BCUT2D eigenvalue weighted by Gasteiger charge is 2.44. The van der Waals surface area contributed by atoms with Gasteiger partial charge in [-0.05, 0) is 25.1 Å². The molecule has 3 heterocycles. The number of esters is 1. The summed E-state index contributed by atoms with van der Waals surface area (Å²) in [5.41, 5.74) is 3.40. The zero-order valence-corrected chi connectivity index (χ0v) is 15.2. The van der Waals surface area contributed by atoms with Crippen LogP contribution in [0.15, 0.2) is 54.7 Å². The standard InChI is InChI=1S/C21H18N4O3/c1-2-28-20(27)17-18(13-11-22-14-8-4-3-7-12(13)14)25-16-10-6-5-9-15(16)23-21(25)24-19(17)26/h3-11,17-18,22H,2H2,1H3,(H,23,24,26)/t17-,18+/m0/s1. The number of benzene rings is 2. The molecule has 0 aliphatic carbocycles. The first kappa shape index (κ1) is 16.6. The molecule has 2 aromatic carbocycles. The number of anilines is 1. The Bertz CT molecular complexity index is 1220. The number of para-hydroxylation sites is 3. The van der Waals surface area contributed by atoms with Crippen LogP contribution < -0.4 is 5.32 Å². The van der Waals surface area contributed by atoms with Crippen LogP contribution in [0.5, 0.6) is 0 Å².